The van der Waals surface area contributed by atoms with E-state index in [9.17, 15) is 31.1 Å². The van der Waals surface area contributed by atoms with Crippen LogP contribution in [0.25, 0.3) is 0 Å². The predicted molar refractivity (Wildman–Crippen MR) is 90.1 cm³/mol. The number of rotatable bonds is 5. The van der Waals surface area contributed by atoms with E-state index in [4.69, 9.17) is 0 Å². The SMILES string of the molecule is O=C(C[C@@H](c1ccc(C(F)(F)F)cc1)c1ncccc1C(F)(F)F)c1cn[nH]c1. The lowest BCUT2D eigenvalue weighted by Gasteiger charge is -2.21. The van der Waals surface area contributed by atoms with E-state index in [1.165, 1.54) is 12.4 Å². The lowest BCUT2D eigenvalue weighted by molar-refractivity contribution is -0.139. The minimum Gasteiger partial charge on any atom is -0.294 e. The largest absolute Gasteiger partial charge is 0.418 e. The Balaban J connectivity index is 2.07. The van der Waals surface area contributed by atoms with Gasteiger partial charge in [-0.05, 0) is 29.8 Å². The molecule has 0 unspecified atom stereocenters. The zero-order valence-electron chi connectivity index (χ0n) is 14.6. The summed E-state index contributed by atoms with van der Waals surface area (Å²) in [4.78, 5) is 16.3. The van der Waals surface area contributed by atoms with Crippen LogP contribution in [-0.4, -0.2) is 21.0 Å². The molecule has 1 atom stereocenters. The standard InChI is InChI=1S/C19H13F6N3O/c20-18(21,22)13-5-3-11(4-6-13)14(8-16(29)12-9-27-28-10-12)17-15(19(23,24)25)2-1-7-26-17/h1-7,9-10,14H,8H2,(H,27,28)/t14-/m0/s1. The van der Waals surface area contributed by atoms with Crippen molar-refractivity contribution >= 4 is 5.78 Å². The minimum atomic E-state index is -4.74. The van der Waals surface area contributed by atoms with Crippen molar-refractivity contribution in [3.63, 3.8) is 0 Å². The summed E-state index contributed by atoms with van der Waals surface area (Å²) in [5.74, 6) is -1.72. The van der Waals surface area contributed by atoms with Crippen LogP contribution in [0.2, 0.25) is 0 Å². The molecule has 0 radical (unpaired) electrons. The van der Waals surface area contributed by atoms with E-state index in [1.54, 1.807) is 0 Å². The summed E-state index contributed by atoms with van der Waals surface area (Å²) in [6.07, 6.45) is -6.12. The Morgan fingerprint density at radius 1 is 1.00 bits per heavy atom. The molecule has 0 fully saturated rings. The quantitative estimate of drug-likeness (QED) is 0.459. The third kappa shape index (κ3) is 4.64. The van der Waals surface area contributed by atoms with Crippen LogP contribution < -0.4 is 0 Å². The van der Waals surface area contributed by atoms with Gasteiger partial charge in [-0.2, -0.15) is 31.4 Å². The molecule has 0 aliphatic rings. The molecule has 0 saturated carbocycles. The van der Waals surface area contributed by atoms with E-state index < -0.39 is 47.3 Å². The number of nitrogens with one attached hydrogen (secondary N) is 1. The average molecular weight is 413 g/mol. The zero-order valence-corrected chi connectivity index (χ0v) is 14.6. The highest BCUT2D eigenvalue weighted by atomic mass is 19.4. The smallest absolute Gasteiger partial charge is 0.294 e. The summed E-state index contributed by atoms with van der Waals surface area (Å²) in [6, 6.07) is 5.58. The monoisotopic (exact) mass is 413 g/mol. The number of ketones is 1. The number of nitrogens with zero attached hydrogens (tertiary/aromatic N) is 2. The predicted octanol–water partition coefficient (Wildman–Crippen LogP) is 5.25. The van der Waals surface area contributed by atoms with Crippen LogP contribution in [0.4, 0.5) is 26.3 Å². The second kappa shape index (κ2) is 7.69. The molecule has 4 nitrogen and oxygen atoms in total. The highest BCUT2D eigenvalue weighted by Crippen LogP contribution is 2.39. The molecule has 10 heteroatoms. The van der Waals surface area contributed by atoms with Crippen LogP contribution >= 0.6 is 0 Å². The third-order valence-electron chi connectivity index (χ3n) is 4.32. The first kappa shape index (κ1) is 20.6. The Morgan fingerprint density at radius 3 is 2.24 bits per heavy atom. The number of aromatic nitrogens is 3. The lowest BCUT2D eigenvalue weighted by atomic mass is 9.86. The summed E-state index contributed by atoms with van der Waals surface area (Å²) in [6.45, 7) is 0. The van der Waals surface area contributed by atoms with Gasteiger partial charge < -0.3 is 0 Å². The van der Waals surface area contributed by atoms with E-state index in [2.05, 4.69) is 15.2 Å². The van der Waals surface area contributed by atoms with Gasteiger partial charge in [0.05, 0.1) is 28.6 Å². The molecular formula is C19H13F6N3O. The van der Waals surface area contributed by atoms with E-state index >= 15 is 0 Å². The van der Waals surface area contributed by atoms with Crippen molar-refractivity contribution in [1.82, 2.24) is 15.2 Å². The maximum absolute atomic E-state index is 13.5. The molecule has 2 heterocycles. The fourth-order valence-corrected chi connectivity index (χ4v) is 2.92. The Bertz CT molecular complexity index is 978. The summed E-state index contributed by atoms with van der Waals surface area (Å²) in [7, 11) is 0. The number of halogens is 6. The summed E-state index contributed by atoms with van der Waals surface area (Å²) in [5, 5.41) is 6.06. The molecule has 1 N–H and O–H groups in total. The number of benzene rings is 1. The van der Waals surface area contributed by atoms with E-state index in [0.29, 0.717) is 0 Å². The molecule has 29 heavy (non-hydrogen) atoms. The van der Waals surface area contributed by atoms with Crippen LogP contribution in [0.5, 0.6) is 0 Å². The van der Waals surface area contributed by atoms with Crippen molar-refractivity contribution in [1.29, 1.82) is 0 Å². The maximum atomic E-state index is 13.5. The van der Waals surface area contributed by atoms with Gasteiger partial charge in [-0.1, -0.05) is 12.1 Å². The molecule has 1 aromatic carbocycles. The number of carbonyl (C=O) groups excluding carboxylic acids is 1. The van der Waals surface area contributed by atoms with E-state index in [0.717, 1.165) is 42.6 Å². The molecule has 0 saturated heterocycles. The van der Waals surface area contributed by atoms with Crippen molar-refractivity contribution in [2.75, 3.05) is 0 Å². The Labute approximate surface area is 160 Å². The molecule has 3 rings (SSSR count). The van der Waals surface area contributed by atoms with Gasteiger partial charge in [-0.3, -0.25) is 14.9 Å². The molecule has 0 amide bonds. The second-order valence-electron chi connectivity index (χ2n) is 6.22. The van der Waals surface area contributed by atoms with Crippen LogP contribution in [0.3, 0.4) is 0 Å². The molecule has 3 aromatic rings. The van der Waals surface area contributed by atoms with Crippen LogP contribution in [0.1, 0.15) is 45.1 Å². The first-order valence-electron chi connectivity index (χ1n) is 8.28. The van der Waals surface area contributed by atoms with Crippen molar-refractivity contribution in [2.45, 2.75) is 24.7 Å². The van der Waals surface area contributed by atoms with E-state index in [-0.39, 0.29) is 11.1 Å². The fourth-order valence-electron chi connectivity index (χ4n) is 2.92. The second-order valence-corrected chi connectivity index (χ2v) is 6.22. The minimum absolute atomic E-state index is 0.110. The van der Waals surface area contributed by atoms with Crippen molar-refractivity contribution in [2.24, 2.45) is 0 Å². The number of carbonyl (C=O) groups is 1. The molecule has 0 aliphatic heterocycles. The summed E-state index contributed by atoms with van der Waals surface area (Å²) < 4.78 is 78.9. The fraction of sp³-hybridized carbons (Fsp3) is 0.211. The first-order valence-corrected chi connectivity index (χ1v) is 8.28. The van der Waals surface area contributed by atoms with Gasteiger partial charge in [0.25, 0.3) is 0 Å². The van der Waals surface area contributed by atoms with Gasteiger partial charge in [0, 0.05) is 24.7 Å². The van der Waals surface area contributed by atoms with Gasteiger partial charge >= 0.3 is 12.4 Å². The molecule has 2 aromatic heterocycles. The molecule has 0 spiro atoms. The van der Waals surface area contributed by atoms with Gasteiger partial charge in [0.2, 0.25) is 0 Å². The van der Waals surface area contributed by atoms with E-state index in [1.807, 2.05) is 0 Å². The highest BCUT2D eigenvalue weighted by Gasteiger charge is 2.37. The number of hydrogen-bond donors (Lipinski definition) is 1. The number of pyridine rings is 1. The van der Waals surface area contributed by atoms with Crippen LogP contribution in [-0.2, 0) is 12.4 Å². The van der Waals surface area contributed by atoms with Gasteiger partial charge in [0.1, 0.15) is 0 Å². The van der Waals surface area contributed by atoms with Crippen molar-refractivity contribution in [3.8, 4) is 0 Å². The lowest BCUT2D eigenvalue weighted by Crippen LogP contribution is -2.17. The number of H-pyrrole nitrogens is 1. The van der Waals surface area contributed by atoms with Crippen LogP contribution in [0, 0.1) is 0 Å². The van der Waals surface area contributed by atoms with Crippen molar-refractivity contribution < 1.29 is 31.1 Å². The third-order valence-corrected chi connectivity index (χ3v) is 4.32. The topological polar surface area (TPSA) is 58.6 Å². The summed E-state index contributed by atoms with van der Waals surface area (Å²) in [5.41, 5.74) is -2.18. The number of Topliss-reactive ketones (excluding diaryl/α,β-unsaturated/α-hetero) is 1. The molecule has 0 bridgehead atoms. The maximum Gasteiger partial charge on any atom is 0.418 e. The average Bonchev–Trinajstić information content (AvgIpc) is 3.20. The zero-order chi connectivity index (χ0) is 21.2. The number of hydrogen-bond acceptors (Lipinski definition) is 3. The molecule has 0 aliphatic carbocycles. The normalized spacial score (nSPS) is 13.3. The first-order chi connectivity index (χ1) is 13.6. The molecular weight excluding hydrogens is 400 g/mol. The number of alkyl halides is 6. The summed E-state index contributed by atoms with van der Waals surface area (Å²) >= 11 is 0. The van der Waals surface area contributed by atoms with Gasteiger partial charge in [0.15, 0.2) is 5.78 Å². The van der Waals surface area contributed by atoms with Crippen LogP contribution in [0.15, 0.2) is 55.0 Å². The van der Waals surface area contributed by atoms with Gasteiger partial charge in [-0.25, -0.2) is 0 Å². The van der Waals surface area contributed by atoms with Crippen molar-refractivity contribution in [3.05, 3.63) is 82.9 Å². The number of aromatic amines is 1. The Morgan fingerprint density at radius 2 is 1.69 bits per heavy atom. The Hall–Kier alpha value is -3.17. The van der Waals surface area contributed by atoms with Gasteiger partial charge in [-0.15, -0.1) is 0 Å². The molecule has 152 valence electrons. The highest BCUT2D eigenvalue weighted by molar-refractivity contribution is 5.96. The Kier molecular flexibility index (Phi) is 5.45.